The molecule has 0 bridgehead atoms. The number of anilines is 2. The van der Waals surface area contributed by atoms with Crippen LogP contribution in [0.15, 0.2) is 41.0 Å². The van der Waals surface area contributed by atoms with Crippen molar-refractivity contribution < 1.29 is 14.3 Å². The Morgan fingerprint density at radius 2 is 1.75 bits per heavy atom. The van der Waals surface area contributed by atoms with E-state index in [1.165, 1.54) is 0 Å². The Bertz CT molecular complexity index is 723. The van der Waals surface area contributed by atoms with Gasteiger partial charge in [-0.05, 0) is 67.0 Å². The van der Waals surface area contributed by atoms with Gasteiger partial charge in [-0.1, -0.05) is 0 Å². The van der Waals surface area contributed by atoms with E-state index in [0.29, 0.717) is 23.7 Å². The Balaban J connectivity index is 2.06. The van der Waals surface area contributed by atoms with Crippen LogP contribution in [-0.4, -0.2) is 23.2 Å². The molecule has 0 fully saturated rings. The lowest BCUT2D eigenvalue weighted by Gasteiger charge is -2.13. The molecule has 2 amide bonds. The molecule has 0 saturated carbocycles. The van der Waals surface area contributed by atoms with Crippen LogP contribution in [0.25, 0.3) is 0 Å². The second kappa shape index (κ2) is 8.01. The van der Waals surface area contributed by atoms with Crippen LogP contribution in [0.3, 0.4) is 0 Å². The van der Waals surface area contributed by atoms with E-state index >= 15 is 0 Å². The molecule has 0 spiro atoms. The summed E-state index contributed by atoms with van der Waals surface area (Å²) in [5, 5.41) is 5.45. The molecule has 0 aliphatic heterocycles. The number of carbonyl (C=O) groups excluding carboxylic acids is 2. The molecule has 1 heterocycles. The molecular formula is C17H20BrN3O3. The van der Waals surface area contributed by atoms with E-state index in [-0.39, 0.29) is 11.9 Å². The van der Waals surface area contributed by atoms with Crippen molar-refractivity contribution in [1.82, 2.24) is 4.57 Å². The van der Waals surface area contributed by atoms with Crippen LogP contribution in [0.2, 0.25) is 0 Å². The lowest BCUT2D eigenvalue weighted by molar-refractivity contribution is 0.101. The van der Waals surface area contributed by atoms with E-state index in [1.807, 2.05) is 24.6 Å². The minimum atomic E-state index is -0.506. The van der Waals surface area contributed by atoms with Crippen molar-refractivity contribution in [3.63, 3.8) is 0 Å². The van der Waals surface area contributed by atoms with Crippen LogP contribution in [0, 0.1) is 0 Å². The molecule has 6 nitrogen and oxygen atoms in total. The normalized spacial score (nSPS) is 10.5. The Morgan fingerprint density at radius 1 is 1.17 bits per heavy atom. The maximum Gasteiger partial charge on any atom is 0.411 e. The first kappa shape index (κ1) is 18.1. The molecule has 0 aliphatic carbocycles. The Kier molecular flexibility index (Phi) is 6.03. The largest absolute Gasteiger partial charge is 0.450 e. The highest BCUT2D eigenvalue weighted by atomic mass is 79.9. The summed E-state index contributed by atoms with van der Waals surface area (Å²) in [6, 6.07) is 8.79. The molecule has 1 aromatic heterocycles. The Labute approximate surface area is 149 Å². The SMILES string of the molecule is CCOC(=O)Nc1ccc(NC(=O)c2cc(Br)cn2C(C)C)cc1. The molecule has 0 atom stereocenters. The van der Waals surface area contributed by atoms with Crippen molar-refractivity contribution in [2.75, 3.05) is 17.2 Å². The second-order valence-corrected chi connectivity index (χ2v) is 6.34. The zero-order valence-electron chi connectivity index (χ0n) is 13.8. The number of hydrogen-bond acceptors (Lipinski definition) is 3. The summed E-state index contributed by atoms with van der Waals surface area (Å²) in [4.78, 5) is 23.8. The van der Waals surface area contributed by atoms with E-state index in [2.05, 4.69) is 26.6 Å². The number of halogens is 1. The predicted octanol–water partition coefficient (Wildman–Crippen LogP) is 4.65. The number of hydrogen-bond donors (Lipinski definition) is 2. The molecule has 128 valence electrons. The summed E-state index contributed by atoms with van der Waals surface area (Å²) in [6.45, 7) is 6.08. The molecule has 0 radical (unpaired) electrons. The van der Waals surface area contributed by atoms with Crippen LogP contribution in [0.5, 0.6) is 0 Å². The summed E-state index contributed by atoms with van der Waals surface area (Å²) in [5.74, 6) is -0.194. The van der Waals surface area contributed by atoms with Crippen molar-refractivity contribution in [2.45, 2.75) is 26.8 Å². The number of ether oxygens (including phenoxy) is 1. The third-order valence-corrected chi connectivity index (χ3v) is 3.70. The van der Waals surface area contributed by atoms with Gasteiger partial charge in [0.25, 0.3) is 5.91 Å². The van der Waals surface area contributed by atoms with E-state index in [1.54, 1.807) is 37.3 Å². The first-order chi connectivity index (χ1) is 11.4. The smallest absolute Gasteiger partial charge is 0.411 e. The summed E-state index contributed by atoms with van der Waals surface area (Å²) in [5.41, 5.74) is 1.81. The lowest BCUT2D eigenvalue weighted by Crippen LogP contribution is -2.18. The van der Waals surface area contributed by atoms with Gasteiger partial charge in [-0.15, -0.1) is 0 Å². The number of rotatable bonds is 5. The summed E-state index contributed by atoms with van der Waals surface area (Å²) in [6.07, 6.45) is 1.38. The minimum absolute atomic E-state index is 0.174. The molecular weight excluding hydrogens is 374 g/mol. The third-order valence-electron chi connectivity index (χ3n) is 3.27. The lowest BCUT2D eigenvalue weighted by atomic mass is 10.2. The monoisotopic (exact) mass is 393 g/mol. The second-order valence-electron chi connectivity index (χ2n) is 5.42. The maximum atomic E-state index is 12.5. The van der Waals surface area contributed by atoms with Crippen LogP contribution >= 0.6 is 15.9 Å². The highest BCUT2D eigenvalue weighted by Gasteiger charge is 2.15. The average Bonchev–Trinajstić information content (AvgIpc) is 2.92. The quantitative estimate of drug-likeness (QED) is 0.775. The third kappa shape index (κ3) is 4.61. The zero-order valence-corrected chi connectivity index (χ0v) is 15.4. The number of carbonyl (C=O) groups is 2. The van der Waals surface area contributed by atoms with Gasteiger partial charge in [-0.2, -0.15) is 0 Å². The summed E-state index contributed by atoms with van der Waals surface area (Å²) in [7, 11) is 0. The van der Waals surface area contributed by atoms with E-state index < -0.39 is 6.09 Å². The Hall–Kier alpha value is -2.28. The van der Waals surface area contributed by atoms with Crippen LogP contribution in [-0.2, 0) is 4.74 Å². The fraction of sp³-hybridized carbons (Fsp3) is 0.294. The van der Waals surface area contributed by atoms with Crippen molar-refractivity contribution in [2.24, 2.45) is 0 Å². The van der Waals surface area contributed by atoms with Gasteiger partial charge in [0.05, 0.1) is 6.61 Å². The van der Waals surface area contributed by atoms with Crippen LogP contribution in [0.4, 0.5) is 16.2 Å². The van der Waals surface area contributed by atoms with Gasteiger partial charge in [0.2, 0.25) is 0 Å². The minimum Gasteiger partial charge on any atom is -0.450 e. The van der Waals surface area contributed by atoms with Crippen molar-refractivity contribution in [1.29, 1.82) is 0 Å². The van der Waals surface area contributed by atoms with Crippen LogP contribution < -0.4 is 10.6 Å². The zero-order chi connectivity index (χ0) is 17.7. The van der Waals surface area contributed by atoms with Gasteiger partial charge in [0.1, 0.15) is 5.69 Å². The predicted molar refractivity (Wildman–Crippen MR) is 97.6 cm³/mol. The van der Waals surface area contributed by atoms with E-state index in [4.69, 9.17) is 4.74 Å². The molecule has 0 unspecified atom stereocenters. The summed E-state index contributed by atoms with van der Waals surface area (Å²) < 4.78 is 7.57. The van der Waals surface area contributed by atoms with Crippen molar-refractivity contribution in [3.05, 3.63) is 46.7 Å². The molecule has 2 rings (SSSR count). The van der Waals surface area contributed by atoms with Gasteiger partial charge < -0.3 is 14.6 Å². The first-order valence-electron chi connectivity index (χ1n) is 7.63. The standard InChI is InChI=1S/C17H20BrN3O3/c1-4-24-17(23)20-14-7-5-13(6-8-14)19-16(22)15-9-12(18)10-21(15)11(2)3/h5-11H,4H2,1-3H3,(H,19,22)(H,20,23). The fourth-order valence-corrected chi connectivity index (χ4v) is 2.61. The van der Waals surface area contributed by atoms with Crippen molar-refractivity contribution >= 4 is 39.3 Å². The van der Waals surface area contributed by atoms with Gasteiger partial charge in [-0.3, -0.25) is 10.1 Å². The molecule has 7 heteroatoms. The molecule has 0 saturated heterocycles. The van der Waals surface area contributed by atoms with Gasteiger partial charge in [0.15, 0.2) is 0 Å². The van der Waals surface area contributed by atoms with Crippen molar-refractivity contribution in [3.8, 4) is 0 Å². The highest BCUT2D eigenvalue weighted by molar-refractivity contribution is 9.10. The van der Waals surface area contributed by atoms with Gasteiger partial charge in [-0.25, -0.2) is 4.79 Å². The molecule has 2 N–H and O–H groups in total. The fourth-order valence-electron chi connectivity index (χ4n) is 2.17. The first-order valence-corrected chi connectivity index (χ1v) is 8.42. The highest BCUT2D eigenvalue weighted by Crippen LogP contribution is 2.21. The molecule has 24 heavy (non-hydrogen) atoms. The van der Waals surface area contributed by atoms with E-state index in [0.717, 1.165) is 4.47 Å². The van der Waals surface area contributed by atoms with E-state index in [9.17, 15) is 9.59 Å². The average molecular weight is 394 g/mol. The maximum absolute atomic E-state index is 12.5. The number of nitrogens with one attached hydrogen (secondary N) is 2. The van der Waals surface area contributed by atoms with Gasteiger partial charge >= 0.3 is 6.09 Å². The molecule has 2 aromatic rings. The molecule has 1 aromatic carbocycles. The topological polar surface area (TPSA) is 72.4 Å². The Morgan fingerprint density at radius 3 is 2.29 bits per heavy atom. The number of aromatic nitrogens is 1. The van der Waals surface area contributed by atoms with Gasteiger partial charge in [0, 0.05) is 28.1 Å². The van der Waals surface area contributed by atoms with Crippen LogP contribution in [0.1, 0.15) is 37.3 Å². The molecule has 0 aliphatic rings. The summed E-state index contributed by atoms with van der Waals surface area (Å²) >= 11 is 3.40. The number of nitrogens with zero attached hydrogens (tertiary/aromatic N) is 1. The number of amides is 2. The number of benzene rings is 1.